The molecule has 2 amide bonds. The van der Waals surface area contributed by atoms with Crippen molar-refractivity contribution in [1.82, 2.24) is 4.90 Å². The third-order valence-corrected chi connectivity index (χ3v) is 3.56. The van der Waals surface area contributed by atoms with E-state index in [-0.39, 0.29) is 19.1 Å². The molecule has 0 aromatic heterocycles. The first kappa shape index (κ1) is 15.3. The van der Waals surface area contributed by atoms with Crippen molar-refractivity contribution >= 4 is 23.2 Å². The van der Waals surface area contributed by atoms with E-state index in [1.807, 2.05) is 6.92 Å². The minimum Gasteiger partial charge on any atom is -0.398 e. The molecule has 1 aliphatic heterocycles. The van der Waals surface area contributed by atoms with Crippen molar-refractivity contribution < 1.29 is 14.3 Å². The molecule has 1 atom stereocenters. The van der Waals surface area contributed by atoms with Crippen LogP contribution < -0.4 is 16.8 Å². The minimum absolute atomic E-state index is 0.0885. The van der Waals surface area contributed by atoms with Gasteiger partial charge >= 0.3 is 0 Å². The van der Waals surface area contributed by atoms with Crippen molar-refractivity contribution in [1.29, 1.82) is 0 Å². The molecule has 1 aromatic carbocycles. The van der Waals surface area contributed by atoms with Crippen LogP contribution >= 0.6 is 0 Å². The zero-order valence-electron chi connectivity index (χ0n) is 12.0. The number of nitrogens with one attached hydrogen (secondary N) is 1. The van der Waals surface area contributed by atoms with Gasteiger partial charge < -0.3 is 21.5 Å². The van der Waals surface area contributed by atoms with Crippen molar-refractivity contribution in [2.75, 3.05) is 37.4 Å². The highest BCUT2D eigenvalue weighted by atomic mass is 16.5. The Morgan fingerprint density at radius 1 is 1.48 bits per heavy atom. The molecular formula is C14H20N4O3. The van der Waals surface area contributed by atoms with Gasteiger partial charge in [0.15, 0.2) is 0 Å². The lowest BCUT2D eigenvalue weighted by Gasteiger charge is -2.32. The smallest absolute Gasteiger partial charge is 0.238 e. The zero-order chi connectivity index (χ0) is 15.4. The van der Waals surface area contributed by atoms with Crippen LogP contribution in [0.2, 0.25) is 0 Å². The standard InChI is InChI=1S/C14H20N4O3/c1-9-10(15)3-2-4-11(9)17-13(19)7-18-5-6-21-8-12(18)14(16)20/h2-4,12H,5-8,15H2,1H3,(H2,16,20)(H,17,19). The molecule has 114 valence electrons. The Bertz CT molecular complexity index is 547. The van der Waals surface area contributed by atoms with Gasteiger partial charge in [-0.05, 0) is 24.6 Å². The van der Waals surface area contributed by atoms with Gasteiger partial charge in [0.2, 0.25) is 11.8 Å². The highest BCUT2D eigenvalue weighted by Crippen LogP contribution is 2.20. The van der Waals surface area contributed by atoms with Gasteiger partial charge in [0.05, 0.1) is 19.8 Å². The van der Waals surface area contributed by atoms with E-state index < -0.39 is 11.9 Å². The Labute approximate surface area is 123 Å². The van der Waals surface area contributed by atoms with Crippen LogP contribution in [0.1, 0.15) is 5.56 Å². The molecule has 21 heavy (non-hydrogen) atoms. The fraction of sp³-hybridized carbons (Fsp3) is 0.429. The molecule has 0 bridgehead atoms. The average Bonchev–Trinajstić information content (AvgIpc) is 2.44. The number of ether oxygens (including phenoxy) is 1. The second-order valence-corrected chi connectivity index (χ2v) is 5.03. The number of nitrogen functional groups attached to an aromatic ring is 1. The summed E-state index contributed by atoms with van der Waals surface area (Å²) < 4.78 is 5.22. The van der Waals surface area contributed by atoms with E-state index in [0.717, 1.165) is 5.56 Å². The number of nitrogens with zero attached hydrogens (tertiary/aromatic N) is 1. The predicted octanol–water partition coefficient (Wildman–Crippen LogP) is -0.298. The molecule has 5 N–H and O–H groups in total. The van der Waals surface area contributed by atoms with Crippen LogP contribution in [0.4, 0.5) is 11.4 Å². The quantitative estimate of drug-likeness (QED) is 0.660. The van der Waals surface area contributed by atoms with Gasteiger partial charge in [-0.25, -0.2) is 0 Å². The number of carbonyl (C=O) groups is 2. The fourth-order valence-corrected chi connectivity index (χ4v) is 2.25. The van der Waals surface area contributed by atoms with Crippen LogP contribution in [0.5, 0.6) is 0 Å². The maximum atomic E-state index is 12.1. The maximum absolute atomic E-state index is 12.1. The van der Waals surface area contributed by atoms with Crippen LogP contribution in [0, 0.1) is 6.92 Å². The molecule has 2 rings (SSSR count). The van der Waals surface area contributed by atoms with Crippen molar-refractivity contribution in [3.8, 4) is 0 Å². The fourth-order valence-electron chi connectivity index (χ4n) is 2.25. The molecule has 7 nitrogen and oxygen atoms in total. The van der Waals surface area contributed by atoms with E-state index in [9.17, 15) is 9.59 Å². The third kappa shape index (κ3) is 3.71. The molecule has 1 heterocycles. The summed E-state index contributed by atoms with van der Waals surface area (Å²) in [5.41, 5.74) is 13.2. The summed E-state index contributed by atoms with van der Waals surface area (Å²) in [5.74, 6) is -0.695. The molecular weight excluding hydrogens is 272 g/mol. The summed E-state index contributed by atoms with van der Waals surface area (Å²) in [7, 11) is 0. The molecule has 1 aliphatic rings. The van der Waals surface area contributed by atoms with Crippen molar-refractivity contribution in [2.45, 2.75) is 13.0 Å². The van der Waals surface area contributed by atoms with Gasteiger partial charge in [-0.2, -0.15) is 0 Å². The molecule has 0 spiro atoms. The zero-order valence-corrected chi connectivity index (χ0v) is 12.0. The van der Waals surface area contributed by atoms with Gasteiger partial charge in [0.1, 0.15) is 6.04 Å². The summed E-state index contributed by atoms with van der Waals surface area (Å²) in [6, 6.07) is 4.77. The number of amides is 2. The number of hydrogen-bond donors (Lipinski definition) is 3. The second-order valence-electron chi connectivity index (χ2n) is 5.03. The van der Waals surface area contributed by atoms with Crippen molar-refractivity contribution in [2.24, 2.45) is 5.73 Å². The molecule has 0 aliphatic carbocycles. The highest BCUT2D eigenvalue weighted by molar-refractivity contribution is 5.94. The first-order chi connectivity index (χ1) is 9.99. The SMILES string of the molecule is Cc1c(N)cccc1NC(=O)CN1CCOCC1C(N)=O. The van der Waals surface area contributed by atoms with Gasteiger partial charge in [0, 0.05) is 17.9 Å². The summed E-state index contributed by atoms with van der Waals surface area (Å²) in [6.45, 7) is 3.13. The third-order valence-electron chi connectivity index (χ3n) is 3.56. The van der Waals surface area contributed by atoms with Crippen molar-refractivity contribution in [3.05, 3.63) is 23.8 Å². The van der Waals surface area contributed by atoms with Crippen LogP contribution in [-0.4, -0.2) is 49.1 Å². The Balaban J connectivity index is 2.00. The monoisotopic (exact) mass is 292 g/mol. The van der Waals surface area contributed by atoms with Crippen LogP contribution in [0.15, 0.2) is 18.2 Å². The first-order valence-corrected chi connectivity index (χ1v) is 6.75. The topological polar surface area (TPSA) is 111 Å². The summed E-state index contributed by atoms with van der Waals surface area (Å²) >= 11 is 0. The number of benzene rings is 1. The number of morpholine rings is 1. The number of primary amides is 1. The number of carbonyl (C=O) groups excluding carboxylic acids is 2. The van der Waals surface area contributed by atoms with E-state index >= 15 is 0 Å². The van der Waals surface area contributed by atoms with E-state index in [1.165, 1.54) is 0 Å². The lowest BCUT2D eigenvalue weighted by atomic mass is 10.1. The number of rotatable bonds is 4. The summed E-state index contributed by atoms with van der Waals surface area (Å²) in [5, 5.41) is 2.80. The molecule has 0 saturated carbocycles. The van der Waals surface area contributed by atoms with E-state index in [4.69, 9.17) is 16.2 Å². The molecule has 7 heteroatoms. The predicted molar refractivity (Wildman–Crippen MR) is 79.6 cm³/mol. The molecule has 1 saturated heterocycles. The second kappa shape index (κ2) is 6.55. The van der Waals surface area contributed by atoms with Gasteiger partial charge in [-0.3, -0.25) is 14.5 Å². The van der Waals surface area contributed by atoms with E-state index in [0.29, 0.717) is 24.5 Å². The number of nitrogens with two attached hydrogens (primary N) is 2. The van der Waals surface area contributed by atoms with Gasteiger partial charge in [-0.15, -0.1) is 0 Å². The van der Waals surface area contributed by atoms with Crippen molar-refractivity contribution in [3.63, 3.8) is 0 Å². The molecule has 0 radical (unpaired) electrons. The van der Waals surface area contributed by atoms with E-state index in [1.54, 1.807) is 23.1 Å². The summed E-state index contributed by atoms with van der Waals surface area (Å²) in [4.78, 5) is 25.2. The Morgan fingerprint density at radius 2 is 2.24 bits per heavy atom. The molecule has 1 aromatic rings. The largest absolute Gasteiger partial charge is 0.398 e. The Kier molecular flexibility index (Phi) is 4.77. The van der Waals surface area contributed by atoms with E-state index in [2.05, 4.69) is 5.32 Å². The average molecular weight is 292 g/mol. The van der Waals surface area contributed by atoms with Gasteiger partial charge in [0.25, 0.3) is 0 Å². The minimum atomic E-state index is -0.563. The summed E-state index contributed by atoms with van der Waals surface area (Å²) in [6.07, 6.45) is 0. The van der Waals surface area contributed by atoms with Gasteiger partial charge in [-0.1, -0.05) is 6.07 Å². The van der Waals surface area contributed by atoms with Crippen LogP contribution in [0.25, 0.3) is 0 Å². The highest BCUT2D eigenvalue weighted by Gasteiger charge is 2.29. The Morgan fingerprint density at radius 3 is 2.95 bits per heavy atom. The number of anilines is 2. The van der Waals surface area contributed by atoms with Crippen LogP contribution in [-0.2, 0) is 14.3 Å². The number of hydrogen-bond acceptors (Lipinski definition) is 5. The Hall–Kier alpha value is -2.12. The van der Waals surface area contributed by atoms with Crippen LogP contribution in [0.3, 0.4) is 0 Å². The lowest BCUT2D eigenvalue weighted by molar-refractivity contribution is -0.131. The maximum Gasteiger partial charge on any atom is 0.238 e. The lowest BCUT2D eigenvalue weighted by Crippen LogP contribution is -2.54. The first-order valence-electron chi connectivity index (χ1n) is 6.75. The molecule has 1 unspecified atom stereocenters. The molecule has 1 fully saturated rings. The normalized spacial score (nSPS) is 19.2.